The lowest BCUT2D eigenvalue weighted by atomic mass is 10.1. The lowest BCUT2D eigenvalue weighted by molar-refractivity contribution is -0.145. The fraction of sp³-hybridized carbons (Fsp3) is 0.879. The van der Waals surface area contributed by atoms with Gasteiger partial charge in [0.05, 0.1) is 14.2 Å². The zero-order valence-corrected chi connectivity index (χ0v) is 29.3. The average molecular weight is 647 g/mol. The second-order valence-corrected chi connectivity index (χ2v) is 14.0. The third kappa shape index (κ3) is 25.6. The number of hydrogen-bond donors (Lipinski definition) is 2. The van der Waals surface area contributed by atoms with E-state index in [-0.39, 0.29) is 11.8 Å². The summed E-state index contributed by atoms with van der Waals surface area (Å²) in [6.07, 6.45) is 21.7. The Bertz CT molecular complexity index is 726. The molecule has 0 aromatic rings. The summed E-state index contributed by atoms with van der Waals surface area (Å²) in [5, 5.41) is 5.67. The quantitative estimate of drug-likeness (QED) is 0.0460. The van der Waals surface area contributed by atoms with E-state index < -0.39 is 24.0 Å². The summed E-state index contributed by atoms with van der Waals surface area (Å²) >= 11 is 0. The summed E-state index contributed by atoms with van der Waals surface area (Å²) in [5.41, 5.74) is 0. The van der Waals surface area contributed by atoms with E-state index in [0.29, 0.717) is 37.2 Å². The molecule has 0 bridgehead atoms. The molecule has 0 fully saturated rings. The van der Waals surface area contributed by atoms with Crippen molar-refractivity contribution in [3.8, 4) is 0 Å². The second-order valence-electron chi connectivity index (χ2n) is 11.3. The molecule has 43 heavy (non-hydrogen) atoms. The van der Waals surface area contributed by atoms with Crippen molar-refractivity contribution in [2.45, 2.75) is 161 Å². The lowest BCUT2D eigenvalue weighted by Gasteiger charge is -2.17. The summed E-state index contributed by atoms with van der Waals surface area (Å²) in [7, 11) is 5.80. The van der Waals surface area contributed by atoms with Gasteiger partial charge in [0.15, 0.2) is 0 Å². The van der Waals surface area contributed by atoms with Crippen LogP contribution in [0, 0.1) is 0 Å². The Morgan fingerprint density at radius 3 is 1.12 bits per heavy atom. The van der Waals surface area contributed by atoms with Gasteiger partial charge in [-0.25, -0.2) is 9.59 Å². The summed E-state index contributed by atoms with van der Waals surface area (Å²) in [4.78, 5) is 49.2. The van der Waals surface area contributed by atoms with Crippen LogP contribution in [-0.4, -0.2) is 61.6 Å². The van der Waals surface area contributed by atoms with Crippen molar-refractivity contribution in [1.82, 2.24) is 10.6 Å². The molecule has 0 aliphatic rings. The first-order valence-corrected chi connectivity index (χ1v) is 19.4. The van der Waals surface area contributed by atoms with Gasteiger partial charge in [0.2, 0.25) is 11.8 Å². The van der Waals surface area contributed by atoms with E-state index in [4.69, 9.17) is 9.47 Å². The number of carbonyl (C=O) groups excluding carboxylic acids is 4. The molecule has 2 unspecified atom stereocenters. The van der Waals surface area contributed by atoms with E-state index >= 15 is 0 Å². The predicted octanol–water partition coefficient (Wildman–Crippen LogP) is 7.92. The van der Waals surface area contributed by atoms with Crippen molar-refractivity contribution >= 4 is 45.3 Å². The molecule has 0 aromatic carbocycles. The number of unbranched alkanes of at least 4 members (excludes halogenated alkanes) is 15. The Hall–Kier alpha value is -1.42. The molecule has 0 aliphatic carbocycles. The molecule has 0 aromatic heterocycles. The normalized spacial score (nSPS) is 12.4. The van der Waals surface area contributed by atoms with Crippen LogP contribution in [0.4, 0.5) is 0 Å². The Labute approximate surface area is 270 Å². The number of amides is 2. The van der Waals surface area contributed by atoms with Crippen molar-refractivity contribution in [2.75, 3.05) is 25.7 Å². The Balaban J connectivity index is 4.19. The van der Waals surface area contributed by atoms with Gasteiger partial charge < -0.3 is 20.1 Å². The molecule has 0 radical (unpaired) electrons. The standard InChI is InChI=1S/C33H62N2O6S2/c1-5-7-9-11-13-15-17-19-21-23-31(37)35-29(33(39)41-4)25-27-43-42-26-24-28(32(38)40-3)34-30(36)22-20-18-16-14-12-10-8-6-2/h28-29H,5-27H2,1-4H3,(H,34,36)(H,35,37). The highest BCUT2D eigenvalue weighted by Crippen LogP contribution is 2.24. The van der Waals surface area contributed by atoms with Gasteiger partial charge in [-0.1, -0.05) is 132 Å². The van der Waals surface area contributed by atoms with Crippen molar-refractivity contribution in [2.24, 2.45) is 0 Å². The van der Waals surface area contributed by atoms with E-state index in [9.17, 15) is 19.2 Å². The molecule has 0 rings (SSSR count). The molecule has 0 spiro atoms. The van der Waals surface area contributed by atoms with Crippen LogP contribution >= 0.6 is 21.6 Å². The number of nitrogens with one attached hydrogen (secondary N) is 2. The maximum absolute atomic E-state index is 12.4. The summed E-state index contributed by atoms with van der Waals surface area (Å²) < 4.78 is 9.79. The zero-order chi connectivity index (χ0) is 32.0. The highest BCUT2D eigenvalue weighted by atomic mass is 33.1. The maximum atomic E-state index is 12.4. The number of rotatable bonds is 30. The van der Waals surface area contributed by atoms with Crippen molar-refractivity contribution < 1.29 is 28.7 Å². The van der Waals surface area contributed by atoms with Crippen molar-refractivity contribution in [3.63, 3.8) is 0 Å². The number of carbonyl (C=O) groups is 4. The van der Waals surface area contributed by atoms with Gasteiger partial charge in [0, 0.05) is 24.3 Å². The summed E-state index contributed by atoms with van der Waals surface area (Å²) in [5.74, 6) is 0.177. The first-order valence-electron chi connectivity index (χ1n) is 16.9. The highest BCUT2D eigenvalue weighted by molar-refractivity contribution is 8.76. The number of esters is 2. The van der Waals surface area contributed by atoms with E-state index in [2.05, 4.69) is 24.5 Å². The van der Waals surface area contributed by atoms with Gasteiger partial charge >= 0.3 is 11.9 Å². The Kier molecular flexibility index (Phi) is 29.6. The second kappa shape index (κ2) is 30.6. The SMILES string of the molecule is CCCCCCCCCCCC(=O)NC(CCSSCCC(NC(=O)CCCCCCCCCC)C(=O)OC)C(=O)OC. The largest absolute Gasteiger partial charge is 0.467 e. The van der Waals surface area contributed by atoms with E-state index in [1.807, 2.05) is 0 Å². The molecule has 2 amide bonds. The molecule has 2 atom stereocenters. The van der Waals surface area contributed by atoms with E-state index in [1.54, 1.807) is 21.6 Å². The van der Waals surface area contributed by atoms with Crippen molar-refractivity contribution in [3.05, 3.63) is 0 Å². The van der Waals surface area contributed by atoms with Crippen LogP contribution in [0.15, 0.2) is 0 Å². The van der Waals surface area contributed by atoms with Crippen LogP contribution in [0.1, 0.15) is 149 Å². The number of methoxy groups -OCH3 is 2. The minimum absolute atomic E-state index is 0.111. The summed E-state index contributed by atoms with van der Waals surface area (Å²) in [6, 6.07) is -1.33. The number of ether oxygens (including phenoxy) is 2. The third-order valence-electron chi connectivity index (χ3n) is 7.47. The monoisotopic (exact) mass is 646 g/mol. The van der Waals surface area contributed by atoms with Crippen LogP contribution in [0.2, 0.25) is 0 Å². The first kappa shape index (κ1) is 41.6. The van der Waals surface area contributed by atoms with Crippen LogP contribution in [0.5, 0.6) is 0 Å². The van der Waals surface area contributed by atoms with Crippen LogP contribution in [0.3, 0.4) is 0 Å². The molecule has 10 heteroatoms. The number of hydrogen-bond acceptors (Lipinski definition) is 8. The summed E-state index contributed by atoms with van der Waals surface area (Å²) in [6.45, 7) is 4.43. The van der Waals surface area contributed by atoms with Gasteiger partial charge in [-0.05, 0) is 25.7 Å². The lowest BCUT2D eigenvalue weighted by Crippen LogP contribution is -2.42. The van der Waals surface area contributed by atoms with Crippen molar-refractivity contribution in [1.29, 1.82) is 0 Å². The highest BCUT2D eigenvalue weighted by Gasteiger charge is 2.22. The fourth-order valence-electron chi connectivity index (χ4n) is 4.78. The third-order valence-corrected chi connectivity index (χ3v) is 9.94. The van der Waals surface area contributed by atoms with Gasteiger partial charge in [-0.2, -0.15) is 0 Å². The average Bonchev–Trinajstić information content (AvgIpc) is 3.01. The Morgan fingerprint density at radius 1 is 0.512 bits per heavy atom. The molecule has 8 nitrogen and oxygen atoms in total. The van der Waals surface area contributed by atoms with Crippen LogP contribution in [-0.2, 0) is 28.7 Å². The zero-order valence-electron chi connectivity index (χ0n) is 27.7. The minimum Gasteiger partial charge on any atom is -0.467 e. The maximum Gasteiger partial charge on any atom is 0.328 e. The molecule has 0 saturated carbocycles. The van der Waals surface area contributed by atoms with Crippen LogP contribution in [0.25, 0.3) is 0 Å². The van der Waals surface area contributed by atoms with Crippen LogP contribution < -0.4 is 10.6 Å². The molecular formula is C33H62N2O6S2. The molecule has 2 N–H and O–H groups in total. The molecule has 0 heterocycles. The van der Waals surface area contributed by atoms with Gasteiger partial charge in [-0.15, -0.1) is 0 Å². The topological polar surface area (TPSA) is 111 Å². The Morgan fingerprint density at radius 2 is 0.814 bits per heavy atom. The van der Waals surface area contributed by atoms with Gasteiger partial charge in [-0.3, -0.25) is 9.59 Å². The fourth-order valence-corrected chi connectivity index (χ4v) is 6.96. The van der Waals surface area contributed by atoms with E-state index in [1.165, 1.54) is 84.8 Å². The predicted molar refractivity (Wildman–Crippen MR) is 181 cm³/mol. The molecular weight excluding hydrogens is 585 g/mol. The van der Waals surface area contributed by atoms with Gasteiger partial charge in [0.1, 0.15) is 12.1 Å². The minimum atomic E-state index is -0.664. The van der Waals surface area contributed by atoms with Gasteiger partial charge in [0.25, 0.3) is 0 Å². The molecule has 252 valence electrons. The van der Waals surface area contributed by atoms with E-state index in [0.717, 1.165) is 38.5 Å². The molecule has 0 aliphatic heterocycles. The smallest absolute Gasteiger partial charge is 0.328 e. The molecule has 0 saturated heterocycles. The first-order chi connectivity index (χ1) is 20.9.